The minimum atomic E-state index is -0.985. The van der Waals surface area contributed by atoms with Gasteiger partial charge in [0.1, 0.15) is 18.2 Å². The first-order chi connectivity index (χ1) is 9.06. The summed E-state index contributed by atoms with van der Waals surface area (Å²) in [6.45, 7) is 1.96. The van der Waals surface area contributed by atoms with Gasteiger partial charge in [0.05, 0.1) is 5.56 Å². The predicted octanol–water partition coefficient (Wildman–Crippen LogP) is 3.41. The molecule has 2 rings (SSSR count). The van der Waals surface area contributed by atoms with Gasteiger partial charge in [0.2, 0.25) is 0 Å². The summed E-state index contributed by atoms with van der Waals surface area (Å²) in [5, 5.41) is 9.12. The number of carboxylic acids is 1. The molecule has 0 bridgehead atoms. The van der Waals surface area contributed by atoms with E-state index in [0.717, 1.165) is 5.56 Å². The fraction of sp³-hybridized carbons (Fsp3) is 0.133. The molecule has 0 radical (unpaired) electrons. The van der Waals surface area contributed by atoms with Crippen molar-refractivity contribution in [3.63, 3.8) is 0 Å². The standard InChI is InChI=1S/C15H13FO3/c1-10-2-3-11(14(8-10)15(17)18)9-19-13-6-4-12(16)5-7-13/h2-8H,9H2,1H3,(H,17,18). The molecule has 0 spiro atoms. The van der Waals surface area contributed by atoms with E-state index >= 15 is 0 Å². The number of halogens is 1. The van der Waals surface area contributed by atoms with Crippen LogP contribution in [0.1, 0.15) is 21.5 Å². The molecule has 98 valence electrons. The third-order valence-electron chi connectivity index (χ3n) is 2.70. The summed E-state index contributed by atoms with van der Waals surface area (Å²) in [6.07, 6.45) is 0. The van der Waals surface area contributed by atoms with Crippen molar-refractivity contribution in [2.75, 3.05) is 0 Å². The lowest BCUT2D eigenvalue weighted by Gasteiger charge is -2.09. The SMILES string of the molecule is Cc1ccc(COc2ccc(F)cc2)c(C(=O)O)c1. The van der Waals surface area contributed by atoms with Gasteiger partial charge in [-0.2, -0.15) is 0 Å². The fourth-order valence-corrected chi connectivity index (χ4v) is 1.71. The first-order valence-corrected chi connectivity index (χ1v) is 5.77. The summed E-state index contributed by atoms with van der Waals surface area (Å²) in [6, 6.07) is 10.8. The van der Waals surface area contributed by atoms with Crippen LogP contribution in [0.2, 0.25) is 0 Å². The Morgan fingerprint density at radius 1 is 1.21 bits per heavy atom. The van der Waals surface area contributed by atoms with Crippen LogP contribution < -0.4 is 4.74 Å². The average Bonchev–Trinajstić information content (AvgIpc) is 2.39. The molecule has 0 amide bonds. The van der Waals surface area contributed by atoms with Gasteiger partial charge in [-0.3, -0.25) is 0 Å². The van der Waals surface area contributed by atoms with Crippen molar-refractivity contribution in [1.29, 1.82) is 0 Å². The summed E-state index contributed by atoms with van der Waals surface area (Å²) in [4.78, 5) is 11.1. The van der Waals surface area contributed by atoms with E-state index < -0.39 is 5.97 Å². The van der Waals surface area contributed by atoms with E-state index in [9.17, 15) is 9.18 Å². The maximum Gasteiger partial charge on any atom is 0.336 e. The van der Waals surface area contributed by atoms with Gasteiger partial charge >= 0.3 is 5.97 Å². The Morgan fingerprint density at radius 2 is 1.89 bits per heavy atom. The molecular weight excluding hydrogens is 247 g/mol. The Kier molecular flexibility index (Phi) is 3.80. The third-order valence-corrected chi connectivity index (χ3v) is 2.70. The molecule has 0 saturated carbocycles. The quantitative estimate of drug-likeness (QED) is 0.916. The molecule has 0 aliphatic heterocycles. The van der Waals surface area contributed by atoms with E-state index in [0.29, 0.717) is 11.3 Å². The molecule has 0 aliphatic rings. The van der Waals surface area contributed by atoms with Crippen molar-refractivity contribution in [1.82, 2.24) is 0 Å². The van der Waals surface area contributed by atoms with E-state index in [1.54, 1.807) is 12.1 Å². The Morgan fingerprint density at radius 3 is 2.53 bits per heavy atom. The Balaban J connectivity index is 2.15. The molecule has 0 unspecified atom stereocenters. The molecule has 2 aromatic rings. The van der Waals surface area contributed by atoms with Gasteiger partial charge in [0.25, 0.3) is 0 Å². The van der Waals surface area contributed by atoms with E-state index in [1.807, 2.05) is 13.0 Å². The minimum Gasteiger partial charge on any atom is -0.489 e. The Hall–Kier alpha value is -2.36. The number of aromatic carboxylic acids is 1. The van der Waals surface area contributed by atoms with Gasteiger partial charge in [-0.15, -0.1) is 0 Å². The van der Waals surface area contributed by atoms with Crippen LogP contribution in [0.4, 0.5) is 4.39 Å². The van der Waals surface area contributed by atoms with Crippen molar-refractivity contribution in [2.45, 2.75) is 13.5 Å². The monoisotopic (exact) mass is 260 g/mol. The van der Waals surface area contributed by atoms with Crippen LogP contribution >= 0.6 is 0 Å². The third kappa shape index (κ3) is 3.31. The maximum absolute atomic E-state index is 12.7. The van der Waals surface area contributed by atoms with Crippen LogP contribution in [0.25, 0.3) is 0 Å². The summed E-state index contributed by atoms with van der Waals surface area (Å²) in [5.74, 6) is -0.825. The normalized spacial score (nSPS) is 10.2. The van der Waals surface area contributed by atoms with E-state index in [1.165, 1.54) is 24.3 Å². The van der Waals surface area contributed by atoms with E-state index in [4.69, 9.17) is 9.84 Å². The fourth-order valence-electron chi connectivity index (χ4n) is 1.71. The zero-order valence-electron chi connectivity index (χ0n) is 10.4. The second-order valence-corrected chi connectivity index (χ2v) is 4.21. The topological polar surface area (TPSA) is 46.5 Å². The highest BCUT2D eigenvalue weighted by Gasteiger charge is 2.10. The summed E-state index contributed by atoms with van der Waals surface area (Å²) in [5.41, 5.74) is 1.69. The van der Waals surface area contributed by atoms with Crippen LogP contribution in [-0.4, -0.2) is 11.1 Å². The van der Waals surface area contributed by atoms with E-state index in [-0.39, 0.29) is 18.0 Å². The second-order valence-electron chi connectivity index (χ2n) is 4.21. The lowest BCUT2D eigenvalue weighted by atomic mass is 10.1. The molecule has 3 nitrogen and oxygen atoms in total. The summed E-state index contributed by atoms with van der Waals surface area (Å²) in [7, 11) is 0. The second kappa shape index (κ2) is 5.52. The molecule has 0 saturated heterocycles. The largest absolute Gasteiger partial charge is 0.489 e. The Bertz CT molecular complexity index is 591. The first-order valence-electron chi connectivity index (χ1n) is 5.77. The zero-order valence-corrected chi connectivity index (χ0v) is 10.4. The molecule has 0 atom stereocenters. The number of aryl methyl sites for hydroxylation is 1. The van der Waals surface area contributed by atoms with Gasteiger partial charge in [0.15, 0.2) is 0 Å². The molecule has 19 heavy (non-hydrogen) atoms. The van der Waals surface area contributed by atoms with Crippen molar-refractivity contribution in [3.8, 4) is 5.75 Å². The average molecular weight is 260 g/mol. The van der Waals surface area contributed by atoms with Crippen LogP contribution in [0.15, 0.2) is 42.5 Å². The first kappa shape index (κ1) is 13.1. The van der Waals surface area contributed by atoms with Gasteiger partial charge < -0.3 is 9.84 Å². The van der Waals surface area contributed by atoms with Crippen molar-refractivity contribution >= 4 is 5.97 Å². The predicted molar refractivity (Wildman–Crippen MR) is 68.9 cm³/mol. The molecule has 1 N–H and O–H groups in total. The molecule has 0 aromatic heterocycles. The van der Waals surface area contributed by atoms with Gasteiger partial charge in [-0.25, -0.2) is 9.18 Å². The van der Waals surface area contributed by atoms with Crippen LogP contribution in [0, 0.1) is 12.7 Å². The van der Waals surface area contributed by atoms with Crippen molar-refractivity contribution < 1.29 is 19.0 Å². The van der Waals surface area contributed by atoms with Gasteiger partial charge in [-0.1, -0.05) is 17.7 Å². The molecule has 4 heteroatoms. The zero-order chi connectivity index (χ0) is 13.8. The number of hydrogen-bond acceptors (Lipinski definition) is 2. The van der Waals surface area contributed by atoms with E-state index in [2.05, 4.69) is 0 Å². The lowest BCUT2D eigenvalue weighted by molar-refractivity contribution is 0.0694. The number of benzene rings is 2. The van der Waals surface area contributed by atoms with Crippen molar-refractivity contribution in [3.05, 3.63) is 65.0 Å². The number of ether oxygens (including phenoxy) is 1. The highest BCUT2D eigenvalue weighted by atomic mass is 19.1. The lowest BCUT2D eigenvalue weighted by Crippen LogP contribution is -2.06. The van der Waals surface area contributed by atoms with Gasteiger partial charge in [0, 0.05) is 5.56 Å². The van der Waals surface area contributed by atoms with Gasteiger partial charge in [-0.05, 0) is 37.3 Å². The summed E-state index contributed by atoms with van der Waals surface area (Å²) < 4.78 is 18.2. The molecule has 0 aliphatic carbocycles. The maximum atomic E-state index is 12.7. The highest BCUT2D eigenvalue weighted by Crippen LogP contribution is 2.17. The minimum absolute atomic E-state index is 0.132. The number of hydrogen-bond donors (Lipinski definition) is 1. The molecule has 0 heterocycles. The van der Waals surface area contributed by atoms with Crippen LogP contribution in [0.3, 0.4) is 0 Å². The molecule has 2 aromatic carbocycles. The Labute approximate surface area is 110 Å². The smallest absolute Gasteiger partial charge is 0.336 e. The summed E-state index contributed by atoms with van der Waals surface area (Å²) >= 11 is 0. The number of carboxylic acid groups (broad SMARTS) is 1. The molecular formula is C15H13FO3. The number of rotatable bonds is 4. The highest BCUT2D eigenvalue weighted by molar-refractivity contribution is 5.89. The van der Waals surface area contributed by atoms with Crippen molar-refractivity contribution in [2.24, 2.45) is 0 Å². The number of carbonyl (C=O) groups is 1. The van der Waals surface area contributed by atoms with Crippen LogP contribution in [-0.2, 0) is 6.61 Å². The molecule has 0 fully saturated rings. The van der Waals surface area contributed by atoms with Crippen LogP contribution in [0.5, 0.6) is 5.75 Å².